The van der Waals surface area contributed by atoms with E-state index in [2.05, 4.69) is 62.8 Å². The van der Waals surface area contributed by atoms with Crippen molar-refractivity contribution in [1.29, 1.82) is 0 Å². The van der Waals surface area contributed by atoms with Gasteiger partial charge in [0.15, 0.2) is 13.1 Å². The number of hydrogen-bond donors (Lipinski definition) is 10. The molecule has 0 saturated carbocycles. The quantitative estimate of drug-likeness (QED) is 0.0101. The van der Waals surface area contributed by atoms with E-state index >= 15 is 0 Å². The zero-order valence-electron chi connectivity index (χ0n) is 54.1. The van der Waals surface area contributed by atoms with Gasteiger partial charge in [-0.25, -0.2) is 14.4 Å². The van der Waals surface area contributed by atoms with Gasteiger partial charge in [0.25, 0.3) is 23.6 Å². The first kappa shape index (κ1) is 77.2. The highest BCUT2D eigenvalue weighted by Crippen LogP contribution is 2.16. The summed E-state index contributed by atoms with van der Waals surface area (Å²) in [7, 11) is 0. The molecule has 0 fully saturated rings. The number of hydrogen-bond acceptors (Lipinski definition) is 16. The minimum absolute atomic E-state index is 0.00991. The number of benzene rings is 4. The van der Waals surface area contributed by atoms with E-state index in [-0.39, 0.29) is 74.5 Å². The van der Waals surface area contributed by atoms with Crippen LogP contribution in [0.4, 0.5) is 0 Å². The first-order valence-electron chi connectivity index (χ1n) is 30.8. The molecule has 0 spiro atoms. The van der Waals surface area contributed by atoms with Crippen LogP contribution in [0.5, 0.6) is 0 Å². The molecule has 11 N–H and O–H groups in total. The van der Waals surface area contributed by atoms with Gasteiger partial charge in [-0.2, -0.15) is 19.8 Å². The fourth-order valence-electron chi connectivity index (χ4n) is 9.63. The van der Waals surface area contributed by atoms with Crippen molar-refractivity contribution in [3.05, 3.63) is 164 Å². The molecule has 0 bridgehead atoms. The maximum atomic E-state index is 14.3. The molecule has 96 heavy (non-hydrogen) atoms. The Morgan fingerprint density at radius 2 is 0.823 bits per heavy atom. The summed E-state index contributed by atoms with van der Waals surface area (Å²) in [6.45, 7) is 6.19. The number of nitrogens with one attached hydrogen (secondary N) is 8. The summed E-state index contributed by atoms with van der Waals surface area (Å²) in [6, 6.07) is 21.8. The monoisotopic (exact) mass is 1330 g/mol. The summed E-state index contributed by atoms with van der Waals surface area (Å²) in [4.78, 5) is 183. The van der Waals surface area contributed by atoms with Crippen LogP contribution < -0.4 is 48.3 Å². The first-order valence-corrected chi connectivity index (χ1v) is 30.8. The number of amides is 12. The molecule has 32 nitrogen and oxygen atoms in total. The molecule has 0 saturated heterocycles. The van der Waals surface area contributed by atoms with Crippen LogP contribution >= 0.6 is 0 Å². The molecular weight excluding hydrogens is 1240 g/mol. The first-order chi connectivity index (χ1) is 45.8. The lowest BCUT2D eigenvalue weighted by molar-refractivity contribution is -0.160. The molecule has 0 radical (unpaired) electrons. The van der Waals surface area contributed by atoms with E-state index in [0.717, 1.165) is 13.8 Å². The normalized spacial score (nSPS) is 12.9. The SMILES string of the molecule is CC(C)C[C@H](NC(=O)[C@H](Cc1ccccc1)NC(=O)CN(N=[N+]=[N-])C(=O)c1ccccc1)C(=O)NCC(=O)N[C@@H](C)C(=O)N(C(=O)[C@H](C)NC(=O)CNC(=O)[C@H](CC(C)C)NC(=O)[C@H](Cc1ccccc1)NC(=O)CN(N=[N+]=[N-])C(=O)c1ccccc1)[C@@H](CCCCN)C(=O)O. The van der Waals surface area contributed by atoms with E-state index in [1.165, 1.54) is 24.3 Å². The van der Waals surface area contributed by atoms with Gasteiger partial charge < -0.3 is 53.4 Å². The van der Waals surface area contributed by atoms with Gasteiger partial charge >= 0.3 is 17.8 Å². The maximum absolute atomic E-state index is 14.3. The number of carboxylic acid groups (broad SMARTS) is 1. The van der Waals surface area contributed by atoms with E-state index < -0.39 is 145 Å². The van der Waals surface area contributed by atoms with Gasteiger partial charge in [-0.05, 0) is 110 Å². The lowest BCUT2D eigenvalue weighted by Gasteiger charge is -2.32. The molecular formula is C64H82N18O14. The van der Waals surface area contributed by atoms with E-state index in [9.17, 15) is 78.5 Å². The van der Waals surface area contributed by atoms with Gasteiger partial charge in [0, 0.05) is 12.8 Å². The number of aliphatic carboxylic acids is 1. The van der Waals surface area contributed by atoms with Crippen LogP contribution in [0.3, 0.4) is 0 Å². The number of carbonyl (C=O) groups excluding carboxylic acids is 12. The van der Waals surface area contributed by atoms with Crippen LogP contribution in [0.1, 0.15) is 105 Å². The van der Waals surface area contributed by atoms with Gasteiger partial charge in [-0.15, -0.1) is 11.1 Å². The minimum Gasteiger partial charge on any atom is -0.480 e. The standard InChI is InChI=1S/C64H82N18O14/c1-39(2)31-47(74-58(89)49(33-43-21-11-7-12-22-43)72-54(85)37-80(78-76-66)62(93)45-25-15-9-16-26-45)56(87)68-35-52(83)70-41(5)60(91)82(51(64(95)96)29-19-20-30-65)61(92)42(6)71-53(84)36-69-57(88)48(32-40(3)4)75-59(90)50(34-44-23-13-8-14-24-44)73-55(86)38-81(79-77-67)63(94)46-27-17-10-18-28-46/h7-18,21-28,39-42,47-51H,19-20,29-38,65H2,1-6H3,(H,68,87)(H,69,88)(H,70,83)(H,71,84)(H,72,85)(H,73,86)(H,74,89)(H,75,90)(H,95,96)/t41-,42-,47-,48-,49-,50-,51-/m0/s1. The van der Waals surface area contributed by atoms with Crippen molar-refractivity contribution in [3.8, 4) is 0 Å². The number of carbonyl (C=O) groups is 13. The van der Waals surface area contributed by atoms with Gasteiger partial charge in [-0.3, -0.25) is 52.8 Å². The second-order valence-electron chi connectivity index (χ2n) is 23.0. The molecule has 0 unspecified atom stereocenters. The third-order valence-electron chi connectivity index (χ3n) is 14.3. The molecule has 0 aromatic heterocycles. The zero-order valence-corrected chi connectivity index (χ0v) is 54.1. The molecule has 4 rings (SSSR count). The third-order valence-corrected chi connectivity index (χ3v) is 14.3. The average Bonchev–Trinajstić information content (AvgIpc) is 0.876. The minimum atomic E-state index is -1.86. The number of azide groups is 2. The number of unbranched alkanes of at least 4 members (excludes halogenated alkanes) is 1. The van der Waals surface area contributed by atoms with E-state index in [1.807, 2.05) is 0 Å². The summed E-state index contributed by atoms with van der Waals surface area (Å²) in [5.74, 6) is -13.4. The second kappa shape index (κ2) is 40.0. The number of carboxylic acids is 1. The van der Waals surface area contributed by atoms with Gasteiger partial charge in [0.1, 0.15) is 42.3 Å². The Labute approximate surface area is 553 Å². The van der Waals surface area contributed by atoms with Crippen LogP contribution in [0.2, 0.25) is 0 Å². The predicted molar refractivity (Wildman–Crippen MR) is 348 cm³/mol. The second-order valence-corrected chi connectivity index (χ2v) is 23.0. The fraction of sp³-hybridized carbons (Fsp3) is 0.422. The van der Waals surface area contributed by atoms with E-state index in [1.54, 1.807) is 125 Å². The van der Waals surface area contributed by atoms with E-state index in [4.69, 9.17) is 5.73 Å². The van der Waals surface area contributed by atoms with Crippen molar-refractivity contribution in [2.45, 2.75) is 129 Å². The summed E-state index contributed by atoms with van der Waals surface area (Å²) >= 11 is 0. The van der Waals surface area contributed by atoms with Gasteiger partial charge in [-0.1, -0.05) is 125 Å². The summed E-state index contributed by atoms with van der Waals surface area (Å²) in [5, 5.41) is 38.2. The summed E-state index contributed by atoms with van der Waals surface area (Å²) in [6.07, 6.45) is -0.0984. The molecule has 12 amide bonds. The highest BCUT2D eigenvalue weighted by molar-refractivity contribution is 6.05. The van der Waals surface area contributed by atoms with Crippen molar-refractivity contribution in [3.63, 3.8) is 0 Å². The number of rotatable bonds is 38. The van der Waals surface area contributed by atoms with Crippen LogP contribution in [-0.4, -0.2) is 172 Å². The molecule has 4 aromatic carbocycles. The van der Waals surface area contributed by atoms with Crippen molar-refractivity contribution in [2.75, 3.05) is 32.7 Å². The Bertz CT molecular complexity index is 3230. The average molecular weight is 1330 g/mol. The Morgan fingerprint density at radius 3 is 1.15 bits per heavy atom. The number of imide groups is 1. The van der Waals surface area contributed by atoms with Gasteiger partial charge in [0.2, 0.25) is 35.4 Å². The van der Waals surface area contributed by atoms with Crippen molar-refractivity contribution < 1.29 is 67.4 Å². The Morgan fingerprint density at radius 1 is 0.469 bits per heavy atom. The molecule has 0 aliphatic heterocycles. The molecule has 512 valence electrons. The molecule has 0 aliphatic carbocycles. The molecule has 0 heterocycles. The zero-order chi connectivity index (χ0) is 70.9. The smallest absolute Gasteiger partial charge is 0.344 e. The summed E-state index contributed by atoms with van der Waals surface area (Å²) in [5.41, 5.74) is 25.5. The Kier molecular flexibility index (Phi) is 32.2. The number of nitrogens with two attached hydrogens (primary N) is 1. The molecule has 4 aromatic rings. The highest BCUT2D eigenvalue weighted by atomic mass is 16.4. The third kappa shape index (κ3) is 26.0. The topological polar surface area (TPSA) is 472 Å². The molecule has 0 aliphatic rings. The van der Waals surface area contributed by atoms with E-state index in [0.29, 0.717) is 26.0 Å². The van der Waals surface area contributed by atoms with Crippen LogP contribution in [-0.2, 0) is 65.6 Å². The Balaban J connectivity index is 1.45. The molecule has 7 atom stereocenters. The van der Waals surface area contributed by atoms with Crippen molar-refractivity contribution in [2.24, 2.45) is 28.0 Å². The van der Waals surface area contributed by atoms with Crippen LogP contribution in [0.15, 0.2) is 132 Å². The molecule has 32 heteroatoms. The number of nitrogens with zero attached hydrogens (tertiary/aromatic N) is 9. The lowest BCUT2D eigenvalue weighted by atomic mass is 10.0. The highest BCUT2D eigenvalue weighted by Gasteiger charge is 2.40. The van der Waals surface area contributed by atoms with Crippen LogP contribution in [0, 0.1) is 11.8 Å². The predicted octanol–water partition coefficient (Wildman–Crippen LogP) is 2.42. The largest absolute Gasteiger partial charge is 0.480 e. The maximum Gasteiger partial charge on any atom is 0.344 e. The van der Waals surface area contributed by atoms with Crippen LogP contribution in [0.25, 0.3) is 20.9 Å². The fourth-order valence-corrected chi connectivity index (χ4v) is 9.63. The summed E-state index contributed by atoms with van der Waals surface area (Å²) < 4.78 is 0. The van der Waals surface area contributed by atoms with Crippen molar-refractivity contribution in [1.82, 2.24) is 57.5 Å². The van der Waals surface area contributed by atoms with Crippen molar-refractivity contribution >= 4 is 76.9 Å². The van der Waals surface area contributed by atoms with Gasteiger partial charge in [0.05, 0.1) is 24.2 Å². The lowest BCUT2D eigenvalue weighted by Crippen LogP contribution is -2.60. The Hall–Kier alpha value is -11.2.